The molecule has 5 heteroatoms. The van der Waals surface area contributed by atoms with Crippen molar-refractivity contribution in [2.75, 3.05) is 6.54 Å². The fourth-order valence-corrected chi connectivity index (χ4v) is 2.91. The molecule has 0 heterocycles. The molecule has 4 nitrogen and oxygen atoms in total. The number of halogens is 1. The van der Waals surface area contributed by atoms with Crippen LogP contribution in [0.15, 0.2) is 48.5 Å². The summed E-state index contributed by atoms with van der Waals surface area (Å²) < 4.78 is 14.0. The lowest BCUT2D eigenvalue weighted by Crippen LogP contribution is -2.48. The molecule has 2 aromatic carbocycles. The van der Waals surface area contributed by atoms with Crippen LogP contribution in [0.4, 0.5) is 4.39 Å². The van der Waals surface area contributed by atoms with Crippen LogP contribution in [0.25, 0.3) is 0 Å². The Labute approximate surface area is 166 Å². The lowest BCUT2D eigenvalue weighted by molar-refractivity contribution is -0.140. The minimum atomic E-state index is -0.655. The first-order chi connectivity index (χ1) is 13.3. The van der Waals surface area contributed by atoms with Crippen LogP contribution in [-0.4, -0.2) is 29.3 Å². The molecule has 2 amide bonds. The Bertz CT molecular complexity index is 820. The highest BCUT2D eigenvalue weighted by Gasteiger charge is 2.27. The van der Waals surface area contributed by atoms with Crippen molar-refractivity contribution >= 4 is 11.8 Å². The molecule has 28 heavy (non-hydrogen) atoms. The third-order valence-corrected chi connectivity index (χ3v) is 4.75. The Morgan fingerprint density at radius 3 is 2.21 bits per heavy atom. The van der Waals surface area contributed by atoms with Gasteiger partial charge >= 0.3 is 0 Å². The summed E-state index contributed by atoms with van der Waals surface area (Å²) in [6.07, 6.45) is -0.0830. The number of nitrogens with one attached hydrogen (secondary N) is 1. The SMILES string of the molecule is Cc1ccccc1CN(C(=O)Cc1ccccc1F)[C@H](C)C(=O)NCC(C)C. The minimum Gasteiger partial charge on any atom is -0.354 e. The topological polar surface area (TPSA) is 49.4 Å². The van der Waals surface area contributed by atoms with Gasteiger partial charge in [-0.3, -0.25) is 9.59 Å². The van der Waals surface area contributed by atoms with Crippen LogP contribution < -0.4 is 5.32 Å². The number of carbonyl (C=O) groups excluding carboxylic acids is 2. The quantitative estimate of drug-likeness (QED) is 0.751. The normalized spacial score (nSPS) is 11.9. The minimum absolute atomic E-state index is 0.0830. The van der Waals surface area contributed by atoms with Gasteiger partial charge in [0, 0.05) is 13.1 Å². The van der Waals surface area contributed by atoms with Crippen molar-refractivity contribution in [3.63, 3.8) is 0 Å². The third kappa shape index (κ3) is 5.91. The Hall–Kier alpha value is -2.69. The average Bonchev–Trinajstić information content (AvgIpc) is 2.66. The van der Waals surface area contributed by atoms with Gasteiger partial charge in [-0.15, -0.1) is 0 Å². The van der Waals surface area contributed by atoms with E-state index < -0.39 is 11.9 Å². The maximum atomic E-state index is 14.0. The highest BCUT2D eigenvalue weighted by atomic mass is 19.1. The molecular formula is C23H29FN2O2. The second-order valence-corrected chi connectivity index (χ2v) is 7.53. The molecule has 1 N–H and O–H groups in total. The fraction of sp³-hybridized carbons (Fsp3) is 0.391. The number of nitrogens with zero attached hydrogens (tertiary/aromatic N) is 1. The molecule has 0 bridgehead atoms. The van der Waals surface area contributed by atoms with E-state index in [9.17, 15) is 14.0 Å². The summed E-state index contributed by atoms with van der Waals surface area (Å²) in [7, 11) is 0. The smallest absolute Gasteiger partial charge is 0.242 e. The van der Waals surface area contributed by atoms with Gasteiger partial charge in [0.1, 0.15) is 11.9 Å². The molecule has 0 saturated heterocycles. The van der Waals surface area contributed by atoms with Gasteiger partial charge in [-0.25, -0.2) is 4.39 Å². The number of hydrogen-bond donors (Lipinski definition) is 1. The Morgan fingerprint density at radius 2 is 1.61 bits per heavy atom. The van der Waals surface area contributed by atoms with Crippen molar-refractivity contribution in [1.29, 1.82) is 0 Å². The summed E-state index contributed by atoms with van der Waals surface area (Å²) in [5, 5.41) is 2.89. The molecule has 0 spiro atoms. The highest BCUT2D eigenvalue weighted by Crippen LogP contribution is 2.16. The highest BCUT2D eigenvalue weighted by molar-refractivity contribution is 5.88. The van der Waals surface area contributed by atoms with Crippen LogP contribution in [0.1, 0.15) is 37.5 Å². The standard InChI is InChI=1S/C23H29FN2O2/c1-16(2)14-25-23(28)18(4)26(15-20-11-6-5-9-17(20)3)22(27)13-19-10-7-8-12-21(19)24/h5-12,16,18H,13-15H2,1-4H3,(H,25,28)/t18-/m1/s1. The van der Waals surface area contributed by atoms with E-state index >= 15 is 0 Å². The summed E-state index contributed by atoms with van der Waals surface area (Å²) in [6, 6.07) is 13.3. The molecule has 0 fully saturated rings. The maximum absolute atomic E-state index is 14.0. The van der Waals surface area contributed by atoms with E-state index in [1.54, 1.807) is 25.1 Å². The molecule has 0 saturated carbocycles. The van der Waals surface area contributed by atoms with E-state index in [-0.39, 0.29) is 18.2 Å². The number of hydrogen-bond acceptors (Lipinski definition) is 2. The first-order valence-electron chi connectivity index (χ1n) is 9.64. The van der Waals surface area contributed by atoms with E-state index in [0.717, 1.165) is 11.1 Å². The van der Waals surface area contributed by atoms with Gasteiger partial charge in [0.2, 0.25) is 11.8 Å². The molecular weight excluding hydrogens is 355 g/mol. The van der Waals surface area contributed by atoms with E-state index in [2.05, 4.69) is 5.32 Å². The average molecular weight is 384 g/mol. The van der Waals surface area contributed by atoms with Gasteiger partial charge in [-0.1, -0.05) is 56.3 Å². The lowest BCUT2D eigenvalue weighted by atomic mass is 10.1. The number of aryl methyl sites for hydroxylation is 1. The molecule has 0 aliphatic heterocycles. The monoisotopic (exact) mass is 384 g/mol. The zero-order chi connectivity index (χ0) is 20.7. The van der Waals surface area contributed by atoms with Crippen LogP contribution >= 0.6 is 0 Å². The van der Waals surface area contributed by atoms with Gasteiger partial charge in [0.15, 0.2) is 0 Å². The molecule has 0 aliphatic carbocycles. The summed E-state index contributed by atoms with van der Waals surface area (Å²) in [6.45, 7) is 8.56. The predicted molar refractivity (Wildman–Crippen MR) is 109 cm³/mol. The van der Waals surface area contributed by atoms with E-state index in [1.807, 2.05) is 45.0 Å². The Morgan fingerprint density at radius 1 is 1.00 bits per heavy atom. The maximum Gasteiger partial charge on any atom is 0.242 e. The third-order valence-electron chi connectivity index (χ3n) is 4.75. The Balaban J connectivity index is 2.24. The lowest BCUT2D eigenvalue weighted by Gasteiger charge is -2.29. The van der Waals surface area contributed by atoms with Crippen LogP contribution in [0.3, 0.4) is 0 Å². The predicted octanol–water partition coefficient (Wildman–Crippen LogP) is 3.87. The summed E-state index contributed by atoms with van der Waals surface area (Å²) in [5.74, 6) is -0.580. The summed E-state index contributed by atoms with van der Waals surface area (Å²) in [4.78, 5) is 27.2. The molecule has 0 aromatic heterocycles. The van der Waals surface area contributed by atoms with Crippen LogP contribution in [0.2, 0.25) is 0 Å². The van der Waals surface area contributed by atoms with Crippen molar-refractivity contribution < 1.29 is 14.0 Å². The second-order valence-electron chi connectivity index (χ2n) is 7.53. The van der Waals surface area contributed by atoms with Crippen molar-refractivity contribution in [1.82, 2.24) is 10.2 Å². The van der Waals surface area contributed by atoms with Gasteiger partial charge < -0.3 is 10.2 Å². The number of benzene rings is 2. The van der Waals surface area contributed by atoms with Gasteiger partial charge in [-0.2, -0.15) is 0 Å². The summed E-state index contributed by atoms with van der Waals surface area (Å²) >= 11 is 0. The molecule has 2 rings (SSSR count). The first-order valence-corrected chi connectivity index (χ1v) is 9.64. The zero-order valence-corrected chi connectivity index (χ0v) is 17.0. The number of amides is 2. The second kappa shape index (κ2) is 10.0. The Kier molecular flexibility index (Phi) is 7.73. The van der Waals surface area contributed by atoms with Gasteiger partial charge in [0.05, 0.1) is 6.42 Å². The molecule has 0 aliphatic rings. The van der Waals surface area contributed by atoms with Crippen LogP contribution in [-0.2, 0) is 22.6 Å². The zero-order valence-electron chi connectivity index (χ0n) is 17.0. The largest absolute Gasteiger partial charge is 0.354 e. The van der Waals surface area contributed by atoms with Crippen molar-refractivity contribution in [3.05, 3.63) is 71.0 Å². The van der Waals surface area contributed by atoms with Gasteiger partial charge in [-0.05, 0) is 42.5 Å². The van der Waals surface area contributed by atoms with E-state index in [0.29, 0.717) is 24.6 Å². The number of rotatable bonds is 8. The fourth-order valence-electron chi connectivity index (χ4n) is 2.91. The van der Waals surface area contributed by atoms with Crippen molar-refractivity contribution in [2.45, 2.75) is 46.7 Å². The van der Waals surface area contributed by atoms with E-state index in [1.165, 1.54) is 11.0 Å². The van der Waals surface area contributed by atoms with Crippen LogP contribution in [0, 0.1) is 18.7 Å². The molecule has 150 valence electrons. The molecule has 0 radical (unpaired) electrons. The van der Waals surface area contributed by atoms with Crippen LogP contribution in [0.5, 0.6) is 0 Å². The van der Waals surface area contributed by atoms with Crippen molar-refractivity contribution in [2.24, 2.45) is 5.92 Å². The van der Waals surface area contributed by atoms with E-state index in [4.69, 9.17) is 0 Å². The van der Waals surface area contributed by atoms with Gasteiger partial charge in [0.25, 0.3) is 0 Å². The first kappa shape index (κ1) is 21.6. The molecule has 1 atom stereocenters. The molecule has 2 aromatic rings. The number of carbonyl (C=O) groups is 2. The van der Waals surface area contributed by atoms with Crippen molar-refractivity contribution in [3.8, 4) is 0 Å². The summed E-state index contributed by atoms with van der Waals surface area (Å²) in [5.41, 5.74) is 2.34. The molecule has 0 unspecified atom stereocenters.